The second-order valence-corrected chi connectivity index (χ2v) is 5.71. The number of carbonyl (C=O) groups excluding carboxylic acids is 2. The molecule has 2 amide bonds. The van der Waals surface area contributed by atoms with Crippen LogP contribution in [0, 0.1) is 0 Å². The van der Waals surface area contributed by atoms with Crippen LogP contribution >= 0.6 is 0 Å². The lowest BCUT2D eigenvalue weighted by Crippen LogP contribution is -2.36. The summed E-state index contributed by atoms with van der Waals surface area (Å²) in [6.45, 7) is 0.450. The van der Waals surface area contributed by atoms with Crippen LogP contribution in [0.3, 0.4) is 0 Å². The van der Waals surface area contributed by atoms with E-state index in [1.165, 1.54) is 11.9 Å². The van der Waals surface area contributed by atoms with E-state index >= 15 is 0 Å². The number of aryl methyl sites for hydroxylation is 1. The Hall–Kier alpha value is -3.48. The highest BCUT2D eigenvalue weighted by Gasteiger charge is 2.13. The zero-order valence-corrected chi connectivity index (χ0v) is 14.1. The standard InChI is InChI=1S/C19H19N5O2/c25-18(20-12-4-7-14-5-2-1-3-6-14)19(26)23-16-10-8-15(9-11-16)17-21-13-22-24-17/h1-3,5-6,8-11,13H,4,7,12H2,(H,20,25)(H,23,26)(H,21,22,24). The Morgan fingerprint density at radius 2 is 1.73 bits per heavy atom. The number of hydrogen-bond donors (Lipinski definition) is 3. The summed E-state index contributed by atoms with van der Waals surface area (Å²) in [4.78, 5) is 27.9. The maximum atomic E-state index is 11.9. The zero-order chi connectivity index (χ0) is 18.2. The number of rotatable bonds is 6. The summed E-state index contributed by atoms with van der Waals surface area (Å²) in [5.74, 6) is -0.687. The van der Waals surface area contributed by atoms with E-state index in [1.54, 1.807) is 24.3 Å². The summed E-state index contributed by atoms with van der Waals surface area (Å²) < 4.78 is 0. The van der Waals surface area contributed by atoms with Crippen LogP contribution in [0.1, 0.15) is 12.0 Å². The van der Waals surface area contributed by atoms with Crippen LogP contribution in [0.25, 0.3) is 11.4 Å². The van der Waals surface area contributed by atoms with Crippen molar-refractivity contribution >= 4 is 17.5 Å². The summed E-state index contributed by atoms with van der Waals surface area (Å²) in [6.07, 6.45) is 3.05. The van der Waals surface area contributed by atoms with Gasteiger partial charge in [-0.2, -0.15) is 5.10 Å². The fourth-order valence-electron chi connectivity index (χ4n) is 2.46. The molecule has 0 unspecified atom stereocenters. The Kier molecular flexibility index (Phi) is 5.72. The van der Waals surface area contributed by atoms with Gasteiger partial charge in [0.1, 0.15) is 6.33 Å². The molecule has 0 atom stereocenters. The van der Waals surface area contributed by atoms with Crippen molar-refractivity contribution in [2.75, 3.05) is 11.9 Å². The first kappa shape index (κ1) is 17.3. The Morgan fingerprint density at radius 3 is 2.42 bits per heavy atom. The zero-order valence-electron chi connectivity index (χ0n) is 14.1. The lowest BCUT2D eigenvalue weighted by Gasteiger charge is -2.07. The van der Waals surface area contributed by atoms with Crippen molar-refractivity contribution in [1.82, 2.24) is 20.5 Å². The van der Waals surface area contributed by atoms with Gasteiger partial charge in [-0.05, 0) is 42.7 Å². The quantitative estimate of drug-likeness (QED) is 0.469. The van der Waals surface area contributed by atoms with Crippen molar-refractivity contribution in [3.05, 3.63) is 66.5 Å². The molecule has 7 heteroatoms. The third-order valence-corrected chi connectivity index (χ3v) is 3.81. The third-order valence-electron chi connectivity index (χ3n) is 3.81. The first-order valence-corrected chi connectivity index (χ1v) is 8.31. The molecular formula is C19H19N5O2. The Morgan fingerprint density at radius 1 is 0.962 bits per heavy atom. The number of anilines is 1. The van der Waals surface area contributed by atoms with E-state index in [2.05, 4.69) is 25.8 Å². The maximum Gasteiger partial charge on any atom is 0.313 e. The van der Waals surface area contributed by atoms with Gasteiger partial charge in [-0.1, -0.05) is 30.3 Å². The summed E-state index contributed by atoms with van der Waals surface area (Å²) in [5.41, 5.74) is 2.58. The first-order valence-electron chi connectivity index (χ1n) is 8.31. The average Bonchev–Trinajstić information content (AvgIpc) is 3.21. The van der Waals surface area contributed by atoms with Gasteiger partial charge in [-0.3, -0.25) is 14.7 Å². The molecule has 0 aliphatic rings. The van der Waals surface area contributed by atoms with Crippen LogP contribution in [-0.4, -0.2) is 33.5 Å². The summed E-state index contributed by atoms with van der Waals surface area (Å²) >= 11 is 0. The summed E-state index contributed by atoms with van der Waals surface area (Å²) in [7, 11) is 0. The van der Waals surface area contributed by atoms with Crippen LogP contribution < -0.4 is 10.6 Å². The predicted octanol–water partition coefficient (Wildman–Crippen LogP) is 2.16. The molecule has 1 heterocycles. The molecule has 0 aliphatic carbocycles. The molecule has 0 spiro atoms. The van der Waals surface area contributed by atoms with E-state index in [0.717, 1.165) is 18.4 Å². The topological polar surface area (TPSA) is 99.8 Å². The molecule has 26 heavy (non-hydrogen) atoms. The van der Waals surface area contributed by atoms with Crippen LogP contribution in [0.15, 0.2) is 60.9 Å². The molecule has 3 N–H and O–H groups in total. The molecule has 7 nitrogen and oxygen atoms in total. The fourth-order valence-corrected chi connectivity index (χ4v) is 2.46. The Bertz CT molecular complexity index is 845. The smallest absolute Gasteiger partial charge is 0.313 e. The summed E-state index contributed by atoms with van der Waals surface area (Å²) in [6, 6.07) is 17.0. The molecule has 3 aromatic rings. The van der Waals surface area contributed by atoms with Gasteiger partial charge in [0.15, 0.2) is 5.82 Å². The van der Waals surface area contributed by atoms with Gasteiger partial charge in [-0.25, -0.2) is 4.98 Å². The van der Waals surface area contributed by atoms with Gasteiger partial charge in [-0.15, -0.1) is 0 Å². The number of amides is 2. The van der Waals surface area contributed by atoms with Gasteiger partial charge in [0.25, 0.3) is 0 Å². The summed E-state index contributed by atoms with van der Waals surface area (Å²) in [5, 5.41) is 11.8. The van der Waals surface area contributed by atoms with Crippen LogP contribution in [0.5, 0.6) is 0 Å². The SMILES string of the molecule is O=C(NCCCc1ccccc1)C(=O)Nc1ccc(-c2ncn[nH]2)cc1. The monoisotopic (exact) mass is 349 g/mol. The van der Waals surface area contributed by atoms with Gasteiger partial charge >= 0.3 is 11.8 Å². The number of hydrogen-bond acceptors (Lipinski definition) is 4. The van der Waals surface area contributed by atoms with Gasteiger partial charge < -0.3 is 10.6 Å². The average molecular weight is 349 g/mol. The van der Waals surface area contributed by atoms with Crippen molar-refractivity contribution < 1.29 is 9.59 Å². The van der Waals surface area contributed by atoms with Gasteiger partial charge in [0.05, 0.1) is 0 Å². The van der Waals surface area contributed by atoms with E-state index in [1.807, 2.05) is 30.3 Å². The predicted molar refractivity (Wildman–Crippen MR) is 98.2 cm³/mol. The van der Waals surface area contributed by atoms with Crippen molar-refractivity contribution in [2.45, 2.75) is 12.8 Å². The van der Waals surface area contributed by atoms with E-state index in [0.29, 0.717) is 18.1 Å². The molecular weight excluding hydrogens is 330 g/mol. The maximum absolute atomic E-state index is 11.9. The van der Waals surface area contributed by atoms with E-state index in [9.17, 15) is 9.59 Å². The molecule has 132 valence electrons. The number of aromatic amines is 1. The van der Waals surface area contributed by atoms with Gasteiger partial charge in [0.2, 0.25) is 0 Å². The minimum atomic E-state index is -0.683. The van der Waals surface area contributed by atoms with Crippen molar-refractivity contribution in [3.63, 3.8) is 0 Å². The largest absolute Gasteiger partial charge is 0.348 e. The van der Waals surface area contributed by atoms with Crippen molar-refractivity contribution in [3.8, 4) is 11.4 Å². The molecule has 0 saturated heterocycles. The number of nitrogens with one attached hydrogen (secondary N) is 3. The Balaban J connectivity index is 1.43. The van der Waals surface area contributed by atoms with Crippen LogP contribution in [-0.2, 0) is 16.0 Å². The van der Waals surface area contributed by atoms with E-state index in [-0.39, 0.29) is 0 Å². The lowest BCUT2D eigenvalue weighted by molar-refractivity contribution is -0.136. The van der Waals surface area contributed by atoms with Crippen molar-refractivity contribution in [1.29, 1.82) is 0 Å². The molecule has 0 saturated carbocycles. The molecule has 3 rings (SSSR count). The first-order chi connectivity index (χ1) is 12.7. The number of H-pyrrole nitrogens is 1. The molecule has 0 bridgehead atoms. The van der Waals surface area contributed by atoms with Crippen LogP contribution in [0.2, 0.25) is 0 Å². The van der Waals surface area contributed by atoms with Crippen molar-refractivity contribution in [2.24, 2.45) is 0 Å². The molecule has 0 fully saturated rings. The second kappa shape index (κ2) is 8.57. The van der Waals surface area contributed by atoms with Crippen LogP contribution in [0.4, 0.5) is 5.69 Å². The minimum Gasteiger partial charge on any atom is -0.348 e. The highest BCUT2D eigenvalue weighted by atomic mass is 16.2. The molecule has 0 radical (unpaired) electrons. The second-order valence-electron chi connectivity index (χ2n) is 5.71. The molecule has 1 aromatic heterocycles. The molecule has 2 aromatic carbocycles. The lowest BCUT2D eigenvalue weighted by atomic mass is 10.1. The minimum absolute atomic E-state index is 0.450. The molecule has 0 aliphatic heterocycles. The van der Waals surface area contributed by atoms with Gasteiger partial charge in [0, 0.05) is 17.8 Å². The highest BCUT2D eigenvalue weighted by Crippen LogP contribution is 2.16. The van der Waals surface area contributed by atoms with E-state index < -0.39 is 11.8 Å². The Labute approximate surface area is 150 Å². The highest BCUT2D eigenvalue weighted by molar-refractivity contribution is 6.39. The number of carbonyl (C=O) groups is 2. The van der Waals surface area contributed by atoms with E-state index in [4.69, 9.17) is 0 Å². The number of aromatic nitrogens is 3. The fraction of sp³-hybridized carbons (Fsp3) is 0.158. The third kappa shape index (κ3) is 4.76. The number of benzene rings is 2. The number of nitrogens with zero attached hydrogens (tertiary/aromatic N) is 2. The normalized spacial score (nSPS) is 10.3.